The van der Waals surface area contributed by atoms with E-state index >= 15 is 0 Å². The Labute approximate surface area is 109 Å². The summed E-state index contributed by atoms with van der Waals surface area (Å²) in [6, 6.07) is 6.85. The molecule has 0 spiro atoms. The number of nitrogen functional groups attached to an aromatic ring is 3. The minimum atomic E-state index is 0.325. The van der Waals surface area contributed by atoms with Gasteiger partial charge < -0.3 is 21.9 Å². The van der Waals surface area contributed by atoms with Gasteiger partial charge in [0.15, 0.2) is 5.16 Å². The lowest BCUT2D eigenvalue weighted by Gasteiger charge is -2.07. The molecule has 6 N–H and O–H groups in total. The molecule has 0 saturated heterocycles. The summed E-state index contributed by atoms with van der Waals surface area (Å²) in [7, 11) is 1.59. The van der Waals surface area contributed by atoms with Gasteiger partial charge in [-0.1, -0.05) is 0 Å². The first-order chi connectivity index (χ1) is 8.58. The summed E-state index contributed by atoms with van der Waals surface area (Å²) in [5.41, 5.74) is 17.7. The third-order valence-corrected chi connectivity index (χ3v) is 3.11. The molecule has 0 atom stereocenters. The van der Waals surface area contributed by atoms with E-state index in [4.69, 9.17) is 21.9 Å². The Morgan fingerprint density at radius 1 is 1.06 bits per heavy atom. The number of ether oxygens (including phenoxy) is 1. The second-order valence-electron chi connectivity index (χ2n) is 3.51. The van der Waals surface area contributed by atoms with Gasteiger partial charge in [-0.3, -0.25) is 0 Å². The molecular formula is C11H13N5OS. The van der Waals surface area contributed by atoms with Crippen LogP contribution in [-0.4, -0.2) is 17.1 Å². The zero-order valence-electron chi connectivity index (χ0n) is 9.75. The van der Waals surface area contributed by atoms with E-state index < -0.39 is 0 Å². The zero-order valence-corrected chi connectivity index (χ0v) is 10.6. The van der Waals surface area contributed by atoms with E-state index in [1.54, 1.807) is 19.2 Å². The van der Waals surface area contributed by atoms with Gasteiger partial charge >= 0.3 is 0 Å². The topological polar surface area (TPSA) is 113 Å². The second-order valence-corrected chi connectivity index (χ2v) is 4.52. The molecule has 6 nitrogen and oxygen atoms in total. The highest BCUT2D eigenvalue weighted by Crippen LogP contribution is 2.33. The van der Waals surface area contributed by atoms with Crippen LogP contribution in [0.15, 0.2) is 34.3 Å². The standard InChI is InChI=1S/C11H13N5OS/c1-17-6-2-3-7(12)8(4-6)18-11-15-9(13)5-10(14)16-11/h2-5H,12H2,1H3,(H4,13,14,15,16). The first-order valence-corrected chi connectivity index (χ1v) is 5.91. The van der Waals surface area contributed by atoms with Gasteiger partial charge in [0, 0.05) is 16.6 Å². The minimum absolute atomic E-state index is 0.325. The van der Waals surface area contributed by atoms with Crippen LogP contribution in [0.4, 0.5) is 17.3 Å². The van der Waals surface area contributed by atoms with E-state index in [0.29, 0.717) is 28.2 Å². The maximum absolute atomic E-state index is 5.87. The molecule has 0 aliphatic heterocycles. The Kier molecular flexibility index (Phi) is 3.42. The van der Waals surface area contributed by atoms with Crippen molar-refractivity contribution in [3.05, 3.63) is 24.3 Å². The van der Waals surface area contributed by atoms with Crippen molar-refractivity contribution in [2.24, 2.45) is 0 Å². The molecule has 0 radical (unpaired) electrons. The quantitative estimate of drug-likeness (QED) is 0.566. The third kappa shape index (κ3) is 2.75. The van der Waals surface area contributed by atoms with Crippen molar-refractivity contribution >= 4 is 29.1 Å². The predicted octanol–water partition coefficient (Wildman–Crippen LogP) is 1.38. The van der Waals surface area contributed by atoms with Crippen LogP contribution in [0.25, 0.3) is 0 Å². The van der Waals surface area contributed by atoms with Crippen LogP contribution in [0.2, 0.25) is 0 Å². The van der Waals surface area contributed by atoms with E-state index in [-0.39, 0.29) is 0 Å². The molecule has 1 heterocycles. The number of nitrogens with two attached hydrogens (primary N) is 3. The number of methoxy groups -OCH3 is 1. The molecule has 0 amide bonds. The Balaban J connectivity index is 2.33. The van der Waals surface area contributed by atoms with Gasteiger partial charge in [-0.05, 0) is 30.0 Å². The second kappa shape index (κ2) is 5.01. The predicted molar refractivity (Wildman–Crippen MR) is 72.4 cm³/mol. The van der Waals surface area contributed by atoms with Gasteiger partial charge in [-0.15, -0.1) is 0 Å². The maximum Gasteiger partial charge on any atom is 0.196 e. The number of rotatable bonds is 3. The van der Waals surface area contributed by atoms with E-state index in [1.807, 2.05) is 6.07 Å². The highest BCUT2D eigenvalue weighted by molar-refractivity contribution is 7.99. The number of hydrogen-bond donors (Lipinski definition) is 3. The summed E-state index contributed by atoms with van der Waals surface area (Å²) in [5, 5.41) is 0.451. The van der Waals surface area contributed by atoms with Crippen LogP contribution in [-0.2, 0) is 0 Å². The highest BCUT2D eigenvalue weighted by Gasteiger charge is 2.07. The molecule has 7 heteroatoms. The van der Waals surface area contributed by atoms with E-state index in [0.717, 1.165) is 4.90 Å². The maximum atomic E-state index is 5.87. The Morgan fingerprint density at radius 3 is 2.33 bits per heavy atom. The number of nitrogens with zero attached hydrogens (tertiary/aromatic N) is 2. The summed E-state index contributed by atoms with van der Waals surface area (Å²) < 4.78 is 5.14. The summed E-state index contributed by atoms with van der Waals surface area (Å²) in [6.45, 7) is 0. The fourth-order valence-electron chi connectivity index (χ4n) is 1.34. The van der Waals surface area contributed by atoms with Crippen molar-refractivity contribution in [2.45, 2.75) is 10.1 Å². The van der Waals surface area contributed by atoms with E-state index in [9.17, 15) is 0 Å². The summed E-state index contributed by atoms with van der Waals surface area (Å²) >= 11 is 1.28. The first-order valence-electron chi connectivity index (χ1n) is 5.10. The Morgan fingerprint density at radius 2 is 1.72 bits per heavy atom. The van der Waals surface area contributed by atoms with Crippen LogP contribution in [0.5, 0.6) is 5.75 Å². The lowest BCUT2D eigenvalue weighted by atomic mass is 10.3. The first kappa shape index (κ1) is 12.3. The van der Waals surface area contributed by atoms with Gasteiger partial charge in [0.2, 0.25) is 0 Å². The number of anilines is 3. The highest BCUT2D eigenvalue weighted by atomic mass is 32.2. The Bertz CT molecular complexity index is 555. The van der Waals surface area contributed by atoms with Crippen molar-refractivity contribution in [2.75, 3.05) is 24.3 Å². The molecule has 1 aromatic heterocycles. The van der Waals surface area contributed by atoms with E-state index in [1.165, 1.54) is 17.8 Å². The molecule has 0 saturated carbocycles. The van der Waals surface area contributed by atoms with Gasteiger partial charge in [0.05, 0.1) is 7.11 Å². The lowest BCUT2D eigenvalue weighted by Crippen LogP contribution is -1.99. The fraction of sp³-hybridized carbons (Fsp3) is 0.0909. The van der Waals surface area contributed by atoms with Crippen molar-refractivity contribution in [3.8, 4) is 5.75 Å². The van der Waals surface area contributed by atoms with Crippen LogP contribution < -0.4 is 21.9 Å². The van der Waals surface area contributed by atoms with Crippen molar-refractivity contribution in [1.29, 1.82) is 0 Å². The van der Waals surface area contributed by atoms with Crippen LogP contribution in [0, 0.1) is 0 Å². The normalized spacial score (nSPS) is 10.3. The van der Waals surface area contributed by atoms with Crippen molar-refractivity contribution in [1.82, 2.24) is 9.97 Å². The van der Waals surface area contributed by atoms with Crippen LogP contribution >= 0.6 is 11.8 Å². The SMILES string of the molecule is COc1ccc(N)c(Sc2nc(N)cc(N)n2)c1. The summed E-state index contributed by atoms with van der Waals surface area (Å²) in [6.07, 6.45) is 0. The molecule has 0 aliphatic carbocycles. The molecule has 0 aliphatic rings. The Hall–Kier alpha value is -2.15. The van der Waals surface area contributed by atoms with Gasteiger partial charge in [0.1, 0.15) is 17.4 Å². The van der Waals surface area contributed by atoms with Gasteiger partial charge in [-0.25, -0.2) is 9.97 Å². The average Bonchev–Trinajstić information content (AvgIpc) is 2.30. The molecule has 1 aromatic carbocycles. The van der Waals surface area contributed by atoms with Gasteiger partial charge in [-0.2, -0.15) is 0 Å². The molecule has 94 valence electrons. The molecule has 0 fully saturated rings. The molecule has 0 unspecified atom stereocenters. The minimum Gasteiger partial charge on any atom is -0.497 e. The average molecular weight is 263 g/mol. The van der Waals surface area contributed by atoms with E-state index in [2.05, 4.69) is 9.97 Å². The van der Waals surface area contributed by atoms with Crippen LogP contribution in [0.1, 0.15) is 0 Å². The molecule has 2 aromatic rings. The summed E-state index contributed by atoms with van der Waals surface area (Å²) in [5.74, 6) is 1.36. The molecule has 18 heavy (non-hydrogen) atoms. The largest absolute Gasteiger partial charge is 0.497 e. The molecule has 2 rings (SSSR count). The molecular weight excluding hydrogens is 250 g/mol. The summed E-state index contributed by atoms with van der Waals surface area (Å²) in [4.78, 5) is 8.95. The van der Waals surface area contributed by atoms with Crippen LogP contribution in [0.3, 0.4) is 0 Å². The third-order valence-electron chi connectivity index (χ3n) is 2.17. The van der Waals surface area contributed by atoms with Gasteiger partial charge in [0.25, 0.3) is 0 Å². The fourth-order valence-corrected chi connectivity index (χ4v) is 2.20. The zero-order chi connectivity index (χ0) is 13.1. The lowest BCUT2D eigenvalue weighted by molar-refractivity contribution is 0.414. The molecule has 0 bridgehead atoms. The number of hydrogen-bond acceptors (Lipinski definition) is 7. The smallest absolute Gasteiger partial charge is 0.196 e. The number of benzene rings is 1. The van der Waals surface area contributed by atoms with Crippen molar-refractivity contribution < 1.29 is 4.74 Å². The van der Waals surface area contributed by atoms with Crippen molar-refractivity contribution in [3.63, 3.8) is 0 Å². The monoisotopic (exact) mass is 263 g/mol. The number of aromatic nitrogens is 2.